The maximum atomic E-state index is 13.0. The Balaban J connectivity index is 2.82. The van der Waals surface area contributed by atoms with Gasteiger partial charge in [-0.25, -0.2) is 13.2 Å². The van der Waals surface area contributed by atoms with E-state index in [1.807, 2.05) is 0 Å². The molecule has 0 bridgehead atoms. The van der Waals surface area contributed by atoms with Crippen molar-refractivity contribution in [1.82, 2.24) is 0 Å². The summed E-state index contributed by atoms with van der Waals surface area (Å²) < 4.78 is 38.1. The Bertz CT molecular complexity index is 365. The SMILES string of the molecule is O[Si](O)(O)CCc1cc(F)c(F)cc1F. The van der Waals surface area contributed by atoms with Crippen molar-refractivity contribution >= 4 is 8.80 Å². The minimum absolute atomic E-state index is 0.206. The molecule has 0 spiro atoms. The van der Waals surface area contributed by atoms with E-state index in [9.17, 15) is 13.2 Å². The molecule has 3 N–H and O–H groups in total. The lowest BCUT2D eigenvalue weighted by atomic mass is 10.1. The largest absolute Gasteiger partial charge is 0.493 e. The molecule has 0 fully saturated rings. The molecule has 15 heavy (non-hydrogen) atoms. The van der Waals surface area contributed by atoms with Gasteiger partial charge in [-0.15, -0.1) is 0 Å². The third-order valence-corrected chi connectivity index (χ3v) is 2.74. The fourth-order valence-corrected chi connectivity index (χ4v) is 1.66. The molecule has 0 atom stereocenters. The number of benzene rings is 1. The number of hydrogen-bond acceptors (Lipinski definition) is 3. The molecule has 7 heteroatoms. The van der Waals surface area contributed by atoms with Crippen LogP contribution < -0.4 is 0 Å². The summed E-state index contributed by atoms with van der Waals surface area (Å²) in [5, 5.41) is 0. The van der Waals surface area contributed by atoms with Crippen LogP contribution in [-0.2, 0) is 6.42 Å². The van der Waals surface area contributed by atoms with Gasteiger partial charge in [-0.05, 0) is 18.1 Å². The van der Waals surface area contributed by atoms with Gasteiger partial charge in [0.1, 0.15) is 5.82 Å². The molecule has 0 unspecified atom stereocenters. The van der Waals surface area contributed by atoms with Gasteiger partial charge in [-0.1, -0.05) is 0 Å². The Hall–Kier alpha value is -0.893. The van der Waals surface area contributed by atoms with Crippen LogP contribution in [-0.4, -0.2) is 23.2 Å². The van der Waals surface area contributed by atoms with Crippen LogP contribution in [0.5, 0.6) is 0 Å². The molecule has 0 heterocycles. The Morgan fingerprint density at radius 1 is 0.933 bits per heavy atom. The molecule has 84 valence electrons. The van der Waals surface area contributed by atoms with Crippen LogP contribution in [0.15, 0.2) is 12.1 Å². The van der Waals surface area contributed by atoms with Gasteiger partial charge >= 0.3 is 8.80 Å². The maximum absolute atomic E-state index is 13.0. The zero-order valence-corrected chi connectivity index (χ0v) is 8.54. The molecule has 0 aliphatic rings. The minimum Gasteiger partial charge on any atom is -0.390 e. The van der Waals surface area contributed by atoms with Crippen LogP contribution in [0, 0.1) is 17.5 Å². The summed E-state index contributed by atoms with van der Waals surface area (Å²) in [5.74, 6) is -3.50. The van der Waals surface area contributed by atoms with Crippen LogP contribution in [0.1, 0.15) is 5.56 Å². The minimum atomic E-state index is -4.28. The molecule has 0 aliphatic heterocycles. The summed E-state index contributed by atoms with van der Waals surface area (Å²) in [6.45, 7) is 0. The Labute approximate surface area is 84.8 Å². The van der Waals surface area contributed by atoms with E-state index in [1.54, 1.807) is 0 Å². The van der Waals surface area contributed by atoms with E-state index in [1.165, 1.54) is 0 Å². The molecule has 0 aromatic heterocycles. The number of hydrogen-bond donors (Lipinski definition) is 3. The summed E-state index contributed by atoms with van der Waals surface area (Å²) in [4.78, 5) is 26.0. The maximum Gasteiger partial charge on any atom is 0.493 e. The van der Waals surface area contributed by atoms with E-state index in [4.69, 9.17) is 14.4 Å². The molecule has 0 amide bonds. The lowest BCUT2D eigenvalue weighted by Gasteiger charge is -2.09. The van der Waals surface area contributed by atoms with Crippen LogP contribution in [0.4, 0.5) is 13.2 Å². The van der Waals surface area contributed by atoms with Crippen molar-refractivity contribution in [2.45, 2.75) is 12.5 Å². The second kappa shape index (κ2) is 4.31. The molecular weight excluding hydrogens is 229 g/mol. The topological polar surface area (TPSA) is 60.7 Å². The van der Waals surface area contributed by atoms with Gasteiger partial charge in [-0.3, -0.25) is 0 Å². The summed E-state index contributed by atoms with van der Waals surface area (Å²) in [6, 6.07) is 0.541. The Kier molecular flexibility index (Phi) is 3.50. The highest BCUT2D eigenvalue weighted by Crippen LogP contribution is 2.16. The zero-order chi connectivity index (χ0) is 11.6. The van der Waals surface area contributed by atoms with Crippen LogP contribution in [0.3, 0.4) is 0 Å². The zero-order valence-electron chi connectivity index (χ0n) is 7.54. The molecule has 3 nitrogen and oxygen atoms in total. The van der Waals surface area contributed by atoms with Gasteiger partial charge in [0.05, 0.1) is 0 Å². The predicted octanol–water partition coefficient (Wildman–Crippen LogP) is 0.562. The second-order valence-electron chi connectivity index (χ2n) is 3.13. The summed E-state index contributed by atoms with van der Waals surface area (Å²) in [6.07, 6.45) is -0.265. The third kappa shape index (κ3) is 3.63. The summed E-state index contributed by atoms with van der Waals surface area (Å²) >= 11 is 0. The first-order chi connectivity index (χ1) is 6.79. The van der Waals surface area contributed by atoms with Crippen molar-refractivity contribution < 1.29 is 27.6 Å². The van der Waals surface area contributed by atoms with Gasteiger partial charge in [0.2, 0.25) is 0 Å². The first kappa shape index (κ1) is 12.2. The normalized spacial score (nSPS) is 11.9. The predicted molar refractivity (Wildman–Crippen MR) is 47.2 cm³/mol. The molecular formula is C8H9F3O3Si. The smallest absolute Gasteiger partial charge is 0.390 e. The van der Waals surface area contributed by atoms with Gasteiger partial charge in [0.15, 0.2) is 11.6 Å². The standard InChI is InChI=1S/C8H9F3O3Si/c9-6-4-8(11)7(10)3-5(6)1-2-15(12,13)14/h3-4,12-14H,1-2H2. The molecule has 1 aromatic carbocycles. The van der Waals surface area contributed by atoms with Gasteiger partial charge in [0.25, 0.3) is 0 Å². The van der Waals surface area contributed by atoms with Crippen LogP contribution >= 0.6 is 0 Å². The summed E-state index contributed by atoms with van der Waals surface area (Å²) in [5.41, 5.74) is -0.206. The van der Waals surface area contributed by atoms with Gasteiger partial charge in [-0.2, -0.15) is 0 Å². The van der Waals surface area contributed by atoms with E-state index in [2.05, 4.69) is 0 Å². The summed E-state index contributed by atoms with van der Waals surface area (Å²) in [7, 11) is -4.28. The van der Waals surface area contributed by atoms with E-state index in [-0.39, 0.29) is 12.0 Å². The second-order valence-corrected chi connectivity index (χ2v) is 5.18. The van der Waals surface area contributed by atoms with Crippen molar-refractivity contribution in [2.75, 3.05) is 0 Å². The first-order valence-electron chi connectivity index (χ1n) is 4.10. The lowest BCUT2D eigenvalue weighted by Crippen LogP contribution is -2.34. The third-order valence-electron chi connectivity index (χ3n) is 1.82. The number of aryl methyl sites for hydroxylation is 1. The Morgan fingerprint density at radius 2 is 1.47 bits per heavy atom. The van der Waals surface area contributed by atoms with E-state index < -0.39 is 32.3 Å². The van der Waals surface area contributed by atoms with E-state index >= 15 is 0 Å². The highest BCUT2D eigenvalue weighted by atomic mass is 28.4. The fraction of sp³-hybridized carbons (Fsp3) is 0.250. The van der Waals surface area contributed by atoms with Crippen molar-refractivity contribution in [3.8, 4) is 0 Å². The number of rotatable bonds is 3. The van der Waals surface area contributed by atoms with Crippen molar-refractivity contribution in [3.05, 3.63) is 35.1 Å². The monoisotopic (exact) mass is 238 g/mol. The first-order valence-corrected chi connectivity index (χ1v) is 6.15. The Morgan fingerprint density at radius 3 is 2.00 bits per heavy atom. The average molecular weight is 238 g/mol. The van der Waals surface area contributed by atoms with E-state index in [0.717, 1.165) is 0 Å². The lowest BCUT2D eigenvalue weighted by molar-refractivity contribution is 0.227. The van der Waals surface area contributed by atoms with Crippen molar-refractivity contribution in [3.63, 3.8) is 0 Å². The molecule has 0 aliphatic carbocycles. The molecule has 0 saturated carbocycles. The van der Waals surface area contributed by atoms with E-state index in [0.29, 0.717) is 12.1 Å². The van der Waals surface area contributed by atoms with Crippen molar-refractivity contribution in [1.29, 1.82) is 0 Å². The molecule has 1 aromatic rings. The highest BCUT2D eigenvalue weighted by molar-refractivity contribution is 6.56. The molecule has 0 saturated heterocycles. The van der Waals surface area contributed by atoms with Crippen molar-refractivity contribution in [2.24, 2.45) is 0 Å². The quantitative estimate of drug-likeness (QED) is 0.532. The van der Waals surface area contributed by atoms with Crippen LogP contribution in [0.2, 0.25) is 6.04 Å². The number of halogens is 3. The molecule has 0 radical (unpaired) electrons. The highest BCUT2D eigenvalue weighted by Gasteiger charge is 2.26. The van der Waals surface area contributed by atoms with Gasteiger partial charge in [0, 0.05) is 12.1 Å². The average Bonchev–Trinajstić information content (AvgIpc) is 2.07. The van der Waals surface area contributed by atoms with Gasteiger partial charge < -0.3 is 14.4 Å². The fourth-order valence-electron chi connectivity index (χ4n) is 1.06. The molecule has 1 rings (SSSR count). The van der Waals surface area contributed by atoms with Crippen LogP contribution in [0.25, 0.3) is 0 Å².